The molecule has 0 radical (unpaired) electrons. The third-order valence-electron chi connectivity index (χ3n) is 3.93. The lowest BCUT2D eigenvalue weighted by molar-refractivity contribution is -1.05. The summed E-state index contributed by atoms with van der Waals surface area (Å²) in [5.74, 6) is 0. The Morgan fingerprint density at radius 2 is 1.45 bits per heavy atom. The molecule has 4 nitrogen and oxygen atoms in total. The lowest BCUT2D eigenvalue weighted by Crippen LogP contribution is -2.41. The molecule has 0 aromatic heterocycles. The molecule has 0 amide bonds. The summed E-state index contributed by atoms with van der Waals surface area (Å²) in [5.41, 5.74) is 2.17. The smallest absolute Gasteiger partial charge is 0.303 e. The summed E-state index contributed by atoms with van der Waals surface area (Å²) < 4.78 is 0. The number of hydrogen-bond acceptors (Lipinski definition) is 2. The van der Waals surface area contributed by atoms with E-state index in [1.54, 1.807) is 19.1 Å². The standard InChI is InChI=1S/C17H15ClN2O2/c1-13-17(18,12-14-8-4-2-5-9-14)16(20(22)19(13)21)15-10-6-3-7-11-15/h2-11H,12H2,1H3. The van der Waals surface area contributed by atoms with Crippen LogP contribution in [-0.4, -0.2) is 26.0 Å². The van der Waals surface area contributed by atoms with Crippen molar-refractivity contribution in [1.29, 1.82) is 0 Å². The van der Waals surface area contributed by atoms with Crippen LogP contribution in [0.4, 0.5) is 0 Å². The third kappa shape index (κ3) is 2.25. The minimum atomic E-state index is -1.15. The zero-order chi connectivity index (χ0) is 15.7. The summed E-state index contributed by atoms with van der Waals surface area (Å²) in [6.45, 7) is 1.60. The third-order valence-corrected chi connectivity index (χ3v) is 4.52. The molecule has 0 saturated carbocycles. The first kappa shape index (κ1) is 14.6. The molecule has 112 valence electrons. The molecular formula is C17H15ClN2O2. The van der Waals surface area contributed by atoms with Gasteiger partial charge < -0.3 is 10.4 Å². The average Bonchev–Trinajstić information content (AvgIpc) is 2.70. The summed E-state index contributed by atoms with van der Waals surface area (Å²) in [7, 11) is 0. The van der Waals surface area contributed by atoms with E-state index in [1.807, 2.05) is 48.5 Å². The molecule has 0 spiro atoms. The predicted molar refractivity (Wildman–Crippen MR) is 87.2 cm³/mol. The van der Waals surface area contributed by atoms with Gasteiger partial charge in [-0.1, -0.05) is 60.1 Å². The fraction of sp³-hybridized carbons (Fsp3) is 0.176. The number of hydrazone groups is 2. The van der Waals surface area contributed by atoms with Crippen molar-refractivity contribution in [2.45, 2.75) is 18.2 Å². The molecule has 1 aliphatic heterocycles. The van der Waals surface area contributed by atoms with Gasteiger partial charge in [-0.25, -0.2) is 0 Å². The Balaban J connectivity index is 2.11. The molecule has 0 N–H and O–H groups in total. The van der Waals surface area contributed by atoms with Crippen molar-refractivity contribution < 1.29 is 9.70 Å². The van der Waals surface area contributed by atoms with E-state index in [2.05, 4.69) is 0 Å². The Bertz CT molecular complexity index is 757. The Morgan fingerprint density at radius 1 is 0.909 bits per heavy atom. The van der Waals surface area contributed by atoms with E-state index in [0.29, 0.717) is 21.7 Å². The lowest BCUT2D eigenvalue weighted by Gasteiger charge is -2.16. The highest BCUT2D eigenvalue weighted by Crippen LogP contribution is 2.32. The van der Waals surface area contributed by atoms with Crippen LogP contribution in [-0.2, 0) is 6.42 Å². The molecule has 1 aliphatic rings. The first-order chi connectivity index (χ1) is 10.5. The Morgan fingerprint density at radius 3 is 2.05 bits per heavy atom. The van der Waals surface area contributed by atoms with E-state index in [9.17, 15) is 10.4 Å². The van der Waals surface area contributed by atoms with Gasteiger partial charge in [-0.05, 0) is 17.7 Å². The van der Waals surface area contributed by atoms with Gasteiger partial charge in [0.1, 0.15) is 0 Å². The van der Waals surface area contributed by atoms with Crippen molar-refractivity contribution in [1.82, 2.24) is 0 Å². The molecule has 0 aliphatic carbocycles. The van der Waals surface area contributed by atoms with Crippen LogP contribution in [0.15, 0.2) is 60.7 Å². The van der Waals surface area contributed by atoms with Gasteiger partial charge in [-0.15, -0.1) is 0 Å². The quantitative estimate of drug-likeness (QED) is 0.496. The van der Waals surface area contributed by atoms with Gasteiger partial charge in [-0.3, -0.25) is 0 Å². The van der Waals surface area contributed by atoms with Crippen LogP contribution in [0.2, 0.25) is 0 Å². The van der Waals surface area contributed by atoms with E-state index in [4.69, 9.17) is 11.6 Å². The van der Waals surface area contributed by atoms with E-state index < -0.39 is 4.87 Å². The monoisotopic (exact) mass is 314 g/mol. The summed E-state index contributed by atoms with van der Waals surface area (Å²) in [4.78, 5) is -0.467. The SMILES string of the molecule is CC1=[N+]([O-])[N+]([O-])=C(c2ccccc2)C1(Cl)Cc1ccccc1. The van der Waals surface area contributed by atoms with Crippen molar-refractivity contribution in [2.75, 3.05) is 0 Å². The Kier molecular flexibility index (Phi) is 3.62. The molecule has 1 unspecified atom stereocenters. The van der Waals surface area contributed by atoms with Crippen molar-refractivity contribution in [3.05, 3.63) is 82.2 Å². The highest BCUT2D eigenvalue weighted by atomic mass is 35.5. The predicted octanol–water partition coefficient (Wildman–Crippen LogP) is 3.11. The van der Waals surface area contributed by atoms with E-state index in [1.165, 1.54) is 0 Å². The van der Waals surface area contributed by atoms with Crippen molar-refractivity contribution in [3.63, 3.8) is 0 Å². The number of hydrazine groups is 1. The van der Waals surface area contributed by atoms with Gasteiger partial charge in [0.05, 0.1) is 15.3 Å². The first-order valence-electron chi connectivity index (χ1n) is 6.98. The van der Waals surface area contributed by atoms with Crippen LogP contribution in [0, 0.1) is 10.4 Å². The van der Waals surface area contributed by atoms with Gasteiger partial charge in [0.2, 0.25) is 4.87 Å². The molecule has 2 aromatic rings. The van der Waals surface area contributed by atoms with Crippen molar-refractivity contribution >= 4 is 23.0 Å². The molecule has 2 aromatic carbocycles. The highest BCUT2D eigenvalue weighted by molar-refractivity contribution is 6.49. The summed E-state index contributed by atoms with van der Waals surface area (Å²) in [6.07, 6.45) is 0.378. The topological polar surface area (TPSA) is 52.1 Å². The number of benzene rings is 2. The first-order valence-corrected chi connectivity index (χ1v) is 7.36. The van der Waals surface area contributed by atoms with Crippen molar-refractivity contribution in [3.8, 4) is 0 Å². The van der Waals surface area contributed by atoms with E-state index in [-0.39, 0.29) is 11.4 Å². The summed E-state index contributed by atoms with van der Waals surface area (Å²) >= 11 is 6.79. The summed E-state index contributed by atoms with van der Waals surface area (Å²) in [6, 6.07) is 18.7. The fourth-order valence-corrected chi connectivity index (χ4v) is 3.13. The Hall–Kier alpha value is -2.33. The van der Waals surface area contributed by atoms with Crippen LogP contribution in [0.5, 0.6) is 0 Å². The lowest BCUT2D eigenvalue weighted by atomic mass is 9.87. The van der Waals surface area contributed by atoms with Crippen LogP contribution >= 0.6 is 11.6 Å². The van der Waals surface area contributed by atoms with E-state index >= 15 is 0 Å². The van der Waals surface area contributed by atoms with Gasteiger partial charge in [0, 0.05) is 13.3 Å². The molecule has 0 bridgehead atoms. The summed E-state index contributed by atoms with van der Waals surface area (Å²) in [5, 5.41) is 24.4. The minimum Gasteiger partial charge on any atom is -0.561 e. The maximum atomic E-state index is 12.3. The van der Waals surface area contributed by atoms with Gasteiger partial charge >= 0.3 is 5.71 Å². The molecule has 1 heterocycles. The minimum absolute atomic E-state index is 0.270. The maximum absolute atomic E-state index is 12.3. The maximum Gasteiger partial charge on any atom is 0.303 e. The largest absolute Gasteiger partial charge is 0.561 e. The molecule has 0 fully saturated rings. The molecular weight excluding hydrogens is 300 g/mol. The zero-order valence-electron chi connectivity index (χ0n) is 12.1. The molecule has 22 heavy (non-hydrogen) atoms. The second-order valence-electron chi connectivity index (χ2n) is 5.31. The van der Waals surface area contributed by atoms with Crippen LogP contribution in [0.1, 0.15) is 18.1 Å². The second kappa shape index (κ2) is 5.46. The van der Waals surface area contributed by atoms with Gasteiger partial charge in [-0.2, -0.15) is 0 Å². The van der Waals surface area contributed by atoms with Crippen LogP contribution in [0.25, 0.3) is 0 Å². The normalized spacial score (nSPS) is 21.5. The van der Waals surface area contributed by atoms with Gasteiger partial charge in [0.15, 0.2) is 0 Å². The number of hydrogen-bond donors (Lipinski definition) is 0. The molecule has 0 saturated heterocycles. The van der Waals surface area contributed by atoms with Crippen LogP contribution < -0.4 is 0 Å². The molecule has 5 heteroatoms. The number of alkyl halides is 1. The Labute approximate surface area is 133 Å². The molecule has 3 rings (SSSR count). The number of rotatable bonds is 3. The highest BCUT2D eigenvalue weighted by Gasteiger charge is 2.56. The number of halogens is 1. The van der Waals surface area contributed by atoms with Gasteiger partial charge in [0.25, 0.3) is 5.71 Å². The van der Waals surface area contributed by atoms with Crippen LogP contribution in [0.3, 0.4) is 0 Å². The van der Waals surface area contributed by atoms with Crippen molar-refractivity contribution in [2.24, 2.45) is 0 Å². The molecule has 1 atom stereocenters. The zero-order valence-corrected chi connectivity index (χ0v) is 12.8. The number of nitrogens with zero attached hydrogens (tertiary/aromatic N) is 2. The fourth-order valence-electron chi connectivity index (χ4n) is 2.73. The van der Waals surface area contributed by atoms with E-state index in [0.717, 1.165) is 5.56 Å². The average molecular weight is 315 g/mol. The second-order valence-corrected chi connectivity index (χ2v) is 5.95.